The Morgan fingerprint density at radius 2 is 2.46 bits per heavy atom. The van der Waals surface area contributed by atoms with Crippen LogP contribution in [0.1, 0.15) is 25.7 Å². The number of fused-ring (bicyclic) bond motifs is 2. The van der Waals surface area contributed by atoms with Crippen molar-refractivity contribution in [3.8, 4) is 0 Å². The molecular formula is C10H17NO2. The fourth-order valence-corrected chi connectivity index (χ4v) is 2.81. The Morgan fingerprint density at radius 3 is 3.23 bits per heavy atom. The third kappa shape index (κ3) is 1.46. The molecule has 2 fully saturated rings. The van der Waals surface area contributed by atoms with E-state index in [0.29, 0.717) is 5.92 Å². The van der Waals surface area contributed by atoms with Crippen LogP contribution in [0.3, 0.4) is 0 Å². The van der Waals surface area contributed by atoms with Crippen LogP contribution >= 0.6 is 0 Å². The Balaban J connectivity index is 2.14. The summed E-state index contributed by atoms with van der Waals surface area (Å²) in [5.41, 5.74) is -0.185. The molecule has 3 heteroatoms. The number of nitrogens with one attached hydrogen (secondary N) is 1. The van der Waals surface area contributed by atoms with Crippen LogP contribution in [0.25, 0.3) is 0 Å². The molecule has 1 N–H and O–H groups in total. The highest BCUT2D eigenvalue weighted by atomic mass is 16.5. The lowest BCUT2D eigenvalue weighted by molar-refractivity contribution is -0.157. The highest BCUT2D eigenvalue weighted by molar-refractivity contribution is 5.77. The van der Waals surface area contributed by atoms with Crippen molar-refractivity contribution in [2.24, 2.45) is 11.3 Å². The first kappa shape index (κ1) is 9.00. The van der Waals surface area contributed by atoms with Crippen LogP contribution in [-0.4, -0.2) is 26.2 Å². The lowest BCUT2D eigenvalue weighted by atomic mass is 9.67. The van der Waals surface area contributed by atoms with E-state index in [4.69, 9.17) is 4.74 Å². The number of rotatable bonds is 1. The summed E-state index contributed by atoms with van der Waals surface area (Å²) in [6.45, 7) is 1.90. The molecule has 0 spiro atoms. The van der Waals surface area contributed by atoms with E-state index in [-0.39, 0.29) is 11.4 Å². The summed E-state index contributed by atoms with van der Waals surface area (Å²) in [4.78, 5) is 11.6. The van der Waals surface area contributed by atoms with Crippen molar-refractivity contribution in [2.45, 2.75) is 25.7 Å². The van der Waals surface area contributed by atoms with Crippen molar-refractivity contribution >= 4 is 5.97 Å². The minimum absolute atomic E-state index is 0.00981. The number of methoxy groups -OCH3 is 1. The first-order valence-corrected chi connectivity index (χ1v) is 5.06. The zero-order chi connectivity index (χ0) is 9.31. The first-order valence-electron chi connectivity index (χ1n) is 5.06. The summed E-state index contributed by atoms with van der Waals surface area (Å²) >= 11 is 0. The second-order valence-electron chi connectivity index (χ2n) is 4.37. The molecule has 1 heterocycles. The molecule has 1 saturated carbocycles. The average molecular weight is 183 g/mol. The van der Waals surface area contributed by atoms with Crippen LogP contribution in [0.15, 0.2) is 0 Å². The SMILES string of the molecule is COC(=O)C12CCCC(CNC1)C2. The van der Waals surface area contributed by atoms with Crippen LogP contribution in [-0.2, 0) is 9.53 Å². The molecular weight excluding hydrogens is 166 g/mol. The minimum atomic E-state index is -0.185. The molecule has 0 aromatic carbocycles. The smallest absolute Gasteiger partial charge is 0.313 e. The molecule has 1 aliphatic heterocycles. The number of carbonyl (C=O) groups excluding carboxylic acids is 1. The summed E-state index contributed by atoms with van der Waals surface area (Å²) in [5.74, 6) is 0.686. The molecule has 0 aromatic heterocycles. The third-order valence-electron chi connectivity index (χ3n) is 3.46. The Morgan fingerprint density at radius 1 is 1.62 bits per heavy atom. The van der Waals surface area contributed by atoms with E-state index < -0.39 is 0 Å². The Kier molecular flexibility index (Phi) is 2.28. The van der Waals surface area contributed by atoms with Crippen LogP contribution in [0.5, 0.6) is 0 Å². The highest BCUT2D eigenvalue weighted by Gasteiger charge is 2.45. The summed E-state index contributed by atoms with van der Waals surface area (Å²) in [6, 6.07) is 0. The van der Waals surface area contributed by atoms with Gasteiger partial charge in [0.15, 0.2) is 0 Å². The number of esters is 1. The van der Waals surface area contributed by atoms with Gasteiger partial charge in [0, 0.05) is 6.54 Å². The maximum Gasteiger partial charge on any atom is 0.313 e. The average Bonchev–Trinajstić information content (AvgIpc) is 2.17. The van der Waals surface area contributed by atoms with Gasteiger partial charge in [-0.3, -0.25) is 4.79 Å². The van der Waals surface area contributed by atoms with Crippen molar-refractivity contribution in [2.75, 3.05) is 20.2 Å². The Labute approximate surface area is 78.8 Å². The monoisotopic (exact) mass is 183 g/mol. The van der Waals surface area contributed by atoms with Gasteiger partial charge < -0.3 is 10.1 Å². The highest BCUT2D eigenvalue weighted by Crippen LogP contribution is 2.42. The number of ether oxygens (including phenoxy) is 1. The molecule has 0 radical (unpaired) electrons. The predicted octanol–water partition coefficient (Wildman–Crippen LogP) is 0.939. The van der Waals surface area contributed by atoms with E-state index in [0.717, 1.165) is 25.9 Å². The van der Waals surface area contributed by atoms with Gasteiger partial charge in [-0.2, -0.15) is 0 Å². The van der Waals surface area contributed by atoms with Crippen LogP contribution in [0.4, 0.5) is 0 Å². The van der Waals surface area contributed by atoms with E-state index in [1.807, 2.05) is 0 Å². The molecule has 0 amide bonds. The molecule has 3 nitrogen and oxygen atoms in total. The number of hydrogen-bond donors (Lipinski definition) is 1. The van der Waals surface area contributed by atoms with E-state index in [1.54, 1.807) is 0 Å². The van der Waals surface area contributed by atoms with Gasteiger partial charge in [-0.25, -0.2) is 0 Å². The largest absolute Gasteiger partial charge is 0.469 e. The van der Waals surface area contributed by atoms with E-state index in [1.165, 1.54) is 20.0 Å². The number of hydrogen-bond acceptors (Lipinski definition) is 3. The van der Waals surface area contributed by atoms with Gasteiger partial charge in [0.1, 0.15) is 0 Å². The van der Waals surface area contributed by atoms with Gasteiger partial charge in [0.05, 0.1) is 12.5 Å². The van der Waals surface area contributed by atoms with Crippen molar-refractivity contribution < 1.29 is 9.53 Å². The molecule has 2 aliphatic rings. The summed E-state index contributed by atoms with van der Waals surface area (Å²) in [7, 11) is 1.50. The molecule has 13 heavy (non-hydrogen) atoms. The normalized spacial score (nSPS) is 38.4. The summed E-state index contributed by atoms with van der Waals surface area (Å²) < 4.78 is 4.89. The van der Waals surface area contributed by atoms with E-state index in [9.17, 15) is 4.79 Å². The molecule has 74 valence electrons. The molecule has 2 rings (SSSR count). The molecule has 2 bridgehead atoms. The first-order chi connectivity index (χ1) is 6.27. The van der Waals surface area contributed by atoms with Crippen LogP contribution in [0.2, 0.25) is 0 Å². The second-order valence-corrected chi connectivity index (χ2v) is 4.37. The van der Waals surface area contributed by atoms with E-state index in [2.05, 4.69) is 5.32 Å². The maximum atomic E-state index is 11.6. The molecule has 1 aliphatic carbocycles. The minimum Gasteiger partial charge on any atom is -0.469 e. The molecule has 2 unspecified atom stereocenters. The van der Waals surface area contributed by atoms with Gasteiger partial charge >= 0.3 is 5.97 Å². The molecule has 2 atom stereocenters. The fraction of sp³-hybridized carbons (Fsp3) is 0.900. The number of carbonyl (C=O) groups is 1. The van der Waals surface area contributed by atoms with Crippen LogP contribution < -0.4 is 5.32 Å². The summed E-state index contributed by atoms with van der Waals surface area (Å²) in [5, 5.41) is 3.34. The van der Waals surface area contributed by atoms with E-state index >= 15 is 0 Å². The zero-order valence-corrected chi connectivity index (χ0v) is 8.14. The standard InChI is InChI=1S/C10H17NO2/c1-13-9(12)10-4-2-3-8(5-10)6-11-7-10/h8,11H,2-7H2,1H3. The molecule has 0 aromatic rings. The van der Waals surface area contributed by atoms with Crippen molar-refractivity contribution in [1.29, 1.82) is 0 Å². The predicted molar refractivity (Wildman–Crippen MR) is 49.3 cm³/mol. The number of piperidine rings is 1. The Bertz CT molecular complexity index is 205. The molecule has 1 saturated heterocycles. The maximum absolute atomic E-state index is 11.6. The van der Waals surface area contributed by atoms with Crippen molar-refractivity contribution in [3.05, 3.63) is 0 Å². The van der Waals surface area contributed by atoms with Gasteiger partial charge in [-0.1, -0.05) is 6.42 Å². The topological polar surface area (TPSA) is 38.3 Å². The van der Waals surface area contributed by atoms with Gasteiger partial charge in [0.25, 0.3) is 0 Å². The lowest BCUT2D eigenvalue weighted by Gasteiger charge is -2.43. The van der Waals surface area contributed by atoms with Crippen molar-refractivity contribution in [1.82, 2.24) is 5.32 Å². The fourth-order valence-electron chi connectivity index (χ4n) is 2.81. The second kappa shape index (κ2) is 3.29. The van der Waals surface area contributed by atoms with Gasteiger partial charge in [0.2, 0.25) is 0 Å². The third-order valence-corrected chi connectivity index (χ3v) is 3.46. The lowest BCUT2D eigenvalue weighted by Crippen LogP contribution is -2.51. The van der Waals surface area contributed by atoms with Gasteiger partial charge in [-0.15, -0.1) is 0 Å². The Hall–Kier alpha value is -0.570. The van der Waals surface area contributed by atoms with Crippen molar-refractivity contribution in [3.63, 3.8) is 0 Å². The van der Waals surface area contributed by atoms with Gasteiger partial charge in [-0.05, 0) is 31.7 Å². The quantitative estimate of drug-likeness (QED) is 0.615. The van der Waals surface area contributed by atoms with Crippen LogP contribution in [0, 0.1) is 11.3 Å². The zero-order valence-electron chi connectivity index (χ0n) is 8.14. The summed E-state index contributed by atoms with van der Waals surface area (Å²) in [6.07, 6.45) is 4.49.